The third kappa shape index (κ3) is 3.56. The van der Waals surface area contributed by atoms with Gasteiger partial charge in [-0.1, -0.05) is 0 Å². The molecular weight excluding hydrogens is 232 g/mol. The van der Waals surface area contributed by atoms with Crippen LogP contribution in [0.4, 0.5) is 20.2 Å². The van der Waals surface area contributed by atoms with Crippen LogP contribution in [0.2, 0.25) is 0 Å². The Morgan fingerprint density at radius 2 is 2.12 bits per heavy atom. The molecule has 1 amide bonds. The highest BCUT2D eigenvalue weighted by atomic mass is 19.3. The van der Waals surface area contributed by atoms with Crippen LogP contribution in [0.25, 0.3) is 0 Å². The minimum absolute atomic E-state index is 0.0629. The van der Waals surface area contributed by atoms with Gasteiger partial charge in [0.25, 0.3) is 11.8 Å². The molecule has 1 rings (SSSR count). The van der Waals surface area contributed by atoms with Crippen molar-refractivity contribution in [2.24, 2.45) is 5.73 Å². The summed E-state index contributed by atoms with van der Waals surface area (Å²) in [5.41, 5.74) is 11.0. The van der Waals surface area contributed by atoms with Gasteiger partial charge in [-0.05, 0) is 18.2 Å². The number of aliphatic hydroxyl groups is 1. The van der Waals surface area contributed by atoms with Gasteiger partial charge in [0.15, 0.2) is 0 Å². The fourth-order valence-corrected chi connectivity index (χ4v) is 1.20. The number of aliphatic hydroxyl groups excluding tert-OH is 1. The second-order valence-corrected chi connectivity index (χ2v) is 3.54. The number of benzene rings is 1. The van der Waals surface area contributed by atoms with Crippen LogP contribution in [0.5, 0.6) is 0 Å². The van der Waals surface area contributed by atoms with Crippen LogP contribution in [0.1, 0.15) is 10.4 Å². The number of nitrogens with two attached hydrogens (primary N) is 2. The maximum Gasteiger partial charge on any atom is 0.287 e. The summed E-state index contributed by atoms with van der Waals surface area (Å²) in [6.45, 7) is -2.10. The molecule has 6 N–H and O–H groups in total. The monoisotopic (exact) mass is 245 g/mol. The Kier molecular flexibility index (Phi) is 3.84. The summed E-state index contributed by atoms with van der Waals surface area (Å²) in [5.74, 6) is -4.03. The molecule has 1 aromatic rings. The maximum absolute atomic E-state index is 12.8. The number of hydrogen-bond acceptors (Lipinski definition) is 4. The third-order valence-electron chi connectivity index (χ3n) is 2.08. The zero-order valence-corrected chi connectivity index (χ0v) is 8.91. The summed E-state index contributed by atoms with van der Waals surface area (Å²) in [6.07, 6.45) is 0. The lowest BCUT2D eigenvalue weighted by atomic mass is 10.1. The summed E-state index contributed by atoms with van der Waals surface area (Å²) >= 11 is 0. The highest BCUT2D eigenvalue weighted by Crippen LogP contribution is 2.21. The van der Waals surface area contributed by atoms with Crippen molar-refractivity contribution in [1.82, 2.24) is 0 Å². The van der Waals surface area contributed by atoms with E-state index in [2.05, 4.69) is 5.32 Å². The van der Waals surface area contributed by atoms with Crippen molar-refractivity contribution in [3.05, 3.63) is 23.8 Å². The molecule has 7 heteroatoms. The van der Waals surface area contributed by atoms with E-state index in [0.29, 0.717) is 5.69 Å². The van der Waals surface area contributed by atoms with Crippen LogP contribution in [0.3, 0.4) is 0 Å². The number of nitrogens with one attached hydrogen (secondary N) is 1. The van der Waals surface area contributed by atoms with E-state index in [4.69, 9.17) is 16.6 Å². The first-order valence-corrected chi connectivity index (χ1v) is 4.77. The van der Waals surface area contributed by atoms with Crippen molar-refractivity contribution in [3.8, 4) is 0 Å². The molecule has 0 fully saturated rings. The number of primary amides is 1. The molecule has 0 aliphatic carbocycles. The molecule has 94 valence electrons. The molecule has 0 atom stereocenters. The zero-order valence-electron chi connectivity index (χ0n) is 8.91. The second-order valence-electron chi connectivity index (χ2n) is 3.54. The van der Waals surface area contributed by atoms with Crippen LogP contribution in [-0.4, -0.2) is 30.1 Å². The molecule has 1 aromatic carbocycles. The summed E-state index contributed by atoms with van der Waals surface area (Å²) < 4.78 is 25.6. The second kappa shape index (κ2) is 4.96. The van der Waals surface area contributed by atoms with Gasteiger partial charge in [0, 0.05) is 11.4 Å². The van der Waals surface area contributed by atoms with Gasteiger partial charge in [0.1, 0.15) is 6.61 Å². The number of halogens is 2. The molecule has 5 nitrogen and oxygen atoms in total. The Labute approximate surface area is 96.4 Å². The van der Waals surface area contributed by atoms with Gasteiger partial charge in [-0.2, -0.15) is 0 Å². The zero-order chi connectivity index (χ0) is 13.1. The van der Waals surface area contributed by atoms with Gasteiger partial charge in [0.2, 0.25) is 0 Å². The van der Waals surface area contributed by atoms with E-state index in [-0.39, 0.29) is 11.3 Å². The Bertz CT molecular complexity index is 424. The molecule has 0 aromatic heterocycles. The number of nitrogen functional groups attached to an aromatic ring is 1. The Balaban J connectivity index is 2.89. The van der Waals surface area contributed by atoms with Crippen molar-refractivity contribution in [2.45, 2.75) is 5.92 Å². The maximum atomic E-state index is 12.8. The van der Waals surface area contributed by atoms with E-state index in [0.717, 1.165) is 0 Å². The fraction of sp³-hybridized carbons (Fsp3) is 0.300. The quantitative estimate of drug-likeness (QED) is 0.564. The molecule has 0 saturated carbocycles. The summed E-state index contributed by atoms with van der Waals surface area (Å²) in [5, 5.41) is 10.7. The fourth-order valence-electron chi connectivity index (χ4n) is 1.20. The third-order valence-corrected chi connectivity index (χ3v) is 2.08. The lowest BCUT2D eigenvalue weighted by Crippen LogP contribution is -2.31. The first kappa shape index (κ1) is 13.2. The molecule has 0 radical (unpaired) electrons. The predicted octanol–water partition coefficient (Wildman–Crippen LogP) is 0.407. The Morgan fingerprint density at radius 3 is 2.65 bits per heavy atom. The summed E-state index contributed by atoms with van der Waals surface area (Å²) in [4.78, 5) is 11.0. The largest absolute Gasteiger partial charge is 0.399 e. The standard InChI is InChI=1S/C10H13F2N3O2/c11-10(12,5-16)4-15-8-3-6(13)1-2-7(8)9(14)17/h1-3,15-16H,4-5,13H2,(H2,14,17). The minimum Gasteiger partial charge on any atom is -0.399 e. The molecule has 17 heavy (non-hydrogen) atoms. The van der Waals surface area contributed by atoms with E-state index in [1.807, 2.05) is 0 Å². The normalized spacial score (nSPS) is 11.2. The minimum atomic E-state index is -3.28. The highest BCUT2D eigenvalue weighted by molar-refractivity contribution is 5.99. The van der Waals surface area contributed by atoms with Crippen LogP contribution < -0.4 is 16.8 Å². The first-order valence-electron chi connectivity index (χ1n) is 4.77. The van der Waals surface area contributed by atoms with Crippen molar-refractivity contribution >= 4 is 17.3 Å². The van der Waals surface area contributed by atoms with Crippen LogP contribution in [0.15, 0.2) is 18.2 Å². The predicted molar refractivity (Wildman–Crippen MR) is 59.9 cm³/mol. The number of anilines is 2. The molecular formula is C10H13F2N3O2. The van der Waals surface area contributed by atoms with Gasteiger partial charge in [-0.15, -0.1) is 0 Å². The van der Waals surface area contributed by atoms with E-state index in [1.54, 1.807) is 0 Å². The summed E-state index contributed by atoms with van der Waals surface area (Å²) in [7, 11) is 0. The molecule has 0 bridgehead atoms. The Hall–Kier alpha value is -1.89. The van der Waals surface area contributed by atoms with E-state index in [1.165, 1.54) is 18.2 Å². The van der Waals surface area contributed by atoms with E-state index in [9.17, 15) is 13.6 Å². The van der Waals surface area contributed by atoms with Crippen LogP contribution >= 0.6 is 0 Å². The van der Waals surface area contributed by atoms with Crippen molar-refractivity contribution in [1.29, 1.82) is 0 Å². The van der Waals surface area contributed by atoms with Gasteiger partial charge >= 0.3 is 0 Å². The number of carbonyl (C=O) groups excluding carboxylic acids is 1. The number of alkyl halides is 2. The van der Waals surface area contributed by atoms with Gasteiger partial charge in [-0.3, -0.25) is 4.79 Å². The molecule has 0 saturated heterocycles. The Morgan fingerprint density at radius 1 is 1.47 bits per heavy atom. The smallest absolute Gasteiger partial charge is 0.287 e. The SMILES string of the molecule is NC(=O)c1ccc(N)cc1NCC(F)(F)CO. The van der Waals surface area contributed by atoms with Crippen molar-refractivity contribution in [3.63, 3.8) is 0 Å². The molecule has 0 unspecified atom stereocenters. The van der Waals surface area contributed by atoms with E-state index < -0.39 is 25.0 Å². The van der Waals surface area contributed by atoms with E-state index >= 15 is 0 Å². The topological polar surface area (TPSA) is 101 Å². The molecule has 0 aliphatic rings. The molecule has 0 aliphatic heterocycles. The van der Waals surface area contributed by atoms with Gasteiger partial charge < -0.3 is 21.9 Å². The summed E-state index contributed by atoms with van der Waals surface area (Å²) in [6, 6.07) is 4.11. The average molecular weight is 245 g/mol. The number of hydrogen-bond donors (Lipinski definition) is 4. The average Bonchev–Trinajstić information content (AvgIpc) is 2.26. The molecule has 0 heterocycles. The van der Waals surface area contributed by atoms with Crippen LogP contribution in [0, 0.1) is 0 Å². The number of rotatable bonds is 5. The van der Waals surface area contributed by atoms with Crippen LogP contribution in [-0.2, 0) is 0 Å². The lowest BCUT2D eigenvalue weighted by Gasteiger charge is -2.16. The lowest BCUT2D eigenvalue weighted by molar-refractivity contribution is -0.0372. The highest BCUT2D eigenvalue weighted by Gasteiger charge is 2.27. The molecule has 0 spiro atoms. The van der Waals surface area contributed by atoms with Crippen molar-refractivity contribution < 1.29 is 18.7 Å². The van der Waals surface area contributed by atoms with Crippen molar-refractivity contribution in [2.75, 3.05) is 24.2 Å². The number of carbonyl (C=O) groups is 1. The van der Waals surface area contributed by atoms with Gasteiger partial charge in [-0.25, -0.2) is 8.78 Å². The number of amides is 1. The first-order chi connectivity index (χ1) is 7.85. The van der Waals surface area contributed by atoms with Gasteiger partial charge in [0.05, 0.1) is 12.1 Å².